The fourth-order valence-corrected chi connectivity index (χ4v) is 10.3. The van der Waals surface area contributed by atoms with E-state index in [4.69, 9.17) is 0 Å². The Hall–Kier alpha value is -0.920. The lowest BCUT2D eigenvalue weighted by Gasteiger charge is -2.37. The van der Waals surface area contributed by atoms with E-state index in [1.807, 2.05) is 0 Å². The van der Waals surface area contributed by atoms with Gasteiger partial charge < -0.3 is 0 Å². The molecule has 0 spiro atoms. The molecule has 1 aliphatic carbocycles. The molecule has 174 valence electrons. The Bertz CT molecular complexity index is 878. The normalized spacial score (nSPS) is 33.1. The van der Waals surface area contributed by atoms with E-state index in [0.29, 0.717) is 0 Å². The fourth-order valence-electron chi connectivity index (χ4n) is 2.29. The number of alkyl halides is 11. The highest BCUT2D eigenvalue weighted by molar-refractivity contribution is 8.24. The first kappa shape index (κ1) is 26.1. The predicted molar refractivity (Wildman–Crippen MR) is 70.9 cm³/mol. The molecule has 1 saturated carbocycles. The van der Waals surface area contributed by atoms with Crippen molar-refractivity contribution < 1.29 is 73.5 Å². The van der Waals surface area contributed by atoms with E-state index in [0.717, 1.165) is 0 Å². The minimum atomic E-state index is -7.95. The summed E-state index contributed by atoms with van der Waals surface area (Å²) in [6, 6.07) is 0. The second-order valence-electron chi connectivity index (χ2n) is 5.55. The Kier molecular flexibility index (Phi) is 6.61. The smallest absolute Gasteiger partial charge is 0.243 e. The van der Waals surface area contributed by atoms with Crippen molar-refractivity contribution in [2.75, 3.05) is 0 Å². The van der Waals surface area contributed by atoms with E-state index in [-0.39, 0.29) is 0 Å². The molecular formula is C9H7F11O6S3. The summed E-state index contributed by atoms with van der Waals surface area (Å²) >= 11 is 0. The zero-order valence-corrected chi connectivity index (χ0v) is 15.3. The molecule has 1 aliphatic rings. The van der Waals surface area contributed by atoms with E-state index in [1.54, 1.807) is 0 Å². The van der Waals surface area contributed by atoms with Crippen molar-refractivity contribution in [3.8, 4) is 0 Å². The first-order valence-electron chi connectivity index (χ1n) is 6.58. The van der Waals surface area contributed by atoms with Crippen LogP contribution >= 0.6 is 0 Å². The lowest BCUT2D eigenvalue weighted by atomic mass is 9.91. The third-order valence-electron chi connectivity index (χ3n) is 3.64. The zero-order chi connectivity index (χ0) is 23.5. The molecule has 0 aromatic heterocycles. The average molecular weight is 516 g/mol. The Balaban J connectivity index is 3.91. The summed E-state index contributed by atoms with van der Waals surface area (Å²) in [5.74, 6) is 0. The SMILES string of the molecule is O=S(=O)(C1C(F)C(F)C(F)C(F)C1F)C(S(=O)(=O)C(F)(F)F)S(=O)(=O)C(F)(F)F. The van der Waals surface area contributed by atoms with E-state index in [9.17, 15) is 73.5 Å². The van der Waals surface area contributed by atoms with Gasteiger partial charge in [0.2, 0.25) is 0 Å². The number of rotatable bonds is 4. The Morgan fingerprint density at radius 2 is 0.759 bits per heavy atom. The van der Waals surface area contributed by atoms with Gasteiger partial charge in [0.25, 0.3) is 23.6 Å². The monoisotopic (exact) mass is 516 g/mol. The van der Waals surface area contributed by atoms with Gasteiger partial charge in [-0.15, -0.1) is 0 Å². The highest BCUT2D eigenvalue weighted by atomic mass is 32.3. The molecule has 0 saturated heterocycles. The van der Waals surface area contributed by atoms with Crippen LogP contribution in [0.2, 0.25) is 0 Å². The molecule has 0 radical (unpaired) electrons. The highest BCUT2D eigenvalue weighted by Gasteiger charge is 2.72. The average Bonchev–Trinajstić information content (AvgIpc) is 2.47. The summed E-state index contributed by atoms with van der Waals surface area (Å²) < 4.78 is 207. The van der Waals surface area contributed by atoms with Gasteiger partial charge in [-0.3, -0.25) is 0 Å². The molecular weight excluding hydrogens is 509 g/mol. The van der Waals surface area contributed by atoms with Gasteiger partial charge in [-0.25, -0.2) is 47.2 Å². The minimum Gasteiger partial charge on any atom is -0.243 e. The summed E-state index contributed by atoms with van der Waals surface area (Å²) in [5.41, 5.74) is -14.1. The van der Waals surface area contributed by atoms with Crippen LogP contribution in [0.3, 0.4) is 0 Å². The van der Waals surface area contributed by atoms with Gasteiger partial charge in [0.1, 0.15) is 5.25 Å². The van der Waals surface area contributed by atoms with Crippen molar-refractivity contribution in [3.05, 3.63) is 0 Å². The summed E-state index contributed by atoms with van der Waals surface area (Å²) in [6.07, 6.45) is -20.2. The van der Waals surface area contributed by atoms with Crippen LogP contribution in [0.25, 0.3) is 0 Å². The quantitative estimate of drug-likeness (QED) is 0.527. The molecule has 0 aromatic carbocycles. The summed E-state index contributed by atoms with van der Waals surface area (Å²) in [7, 11) is -23.3. The zero-order valence-electron chi connectivity index (χ0n) is 12.9. The van der Waals surface area contributed by atoms with E-state index < -0.39 is 80.6 Å². The van der Waals surface area contributed by atoms with Gasteiger partial charge in [0.05, 0.1) is 0 Å². The third kappa shape index (κ3) is 4.02. The van der Waals surface area contributed by atoms with Crippen LogP contribution in [0.4, 0.5) is 48.3 Å². The molecule has 0 N–H and O–H groups in total. The van der Waals surface area contributed by atoms with Crippen LogP contribution in [0, 0.1) is 0 Å². The molecule has 29 heavy (non-hydrogen) atoms. The second kappa shape index (κ2) is 7.34. The molecule has 20 heteroatoms. The van der Waals surface area contributed by atoms with Crippen LogP contribution in [-0.4, -0.2) is 76.3 Å². The Labute approximate surface area is 154 Å². The molecule has 1 fully saturated rings. The van der Waals surface area contributed by atoms with E-state index in [2.05, 4.69) is 0 Å². The second-order valence-corrected chi connectivity index (χ2v) is 12.7. The van der Waals surface area contributed by atoms with Gasteiger partial charge in [0.15, 0.2) is 40.7 Å². The number of sulfone groups is 3. The lowest BCUT2D eigenvalue weighted by Crippen LogP contribution is -2.63. The molecule has 0 amide bonds. The summed E-state index contributed by atoms with van der Waals surface area (Å²) in [5, 5.41) is -4.36. The fraction of sp³-hybridized carbons (Fsp3) is 1.00. The van der Waals surface area contributed by atoms with Crippen LogP contribution in [0.1, 0.15) is 0 Å². The van der Waals surface area contributed by atoms with Gasteiger partial charge in [0, 0.05) is 0 Å². The van der Waals surface area contributed by atoms with Crippen molar-refractivity contribution >= 4 is 29.5 Å². The van der Waals surface area contributed by atoms with Crippen molar-refractivity contribution in [1.29, 1.82) is 0 Å². The maximum absolute atomic E-state index is 13.8. The first-order chi connectivity index (χ1) is 12.5. The predicted octanol–water partition coefficient (Wildman–Crippen LogP) is 1.63. The number of hydrogen-bond acceptors (Lipinski definition) is 6. The largest absolute Gasteiger partial charge is 0.499 e. The van der Waals surface area contributed by atoms with Gasteiger partial charge in [-0.2, -0.15) is 26.3 Å². The van der Waals surface area contributed by atoms with E-state index in [1.165, 1.54) is 0 Å². The van der Waals surface area contributed by atoms with Crippen molar-refractivity contribution in [3.63, 3.8) is 0 Å². The van der Waals surface area contributed by atoms with Gasteiger partial charge in [-0.1, -0.05) is 0 Å². The lowest BCUT2D eigenvalue weighted by molar-refractivity contribution is -0.0492. The molecule has 6 nitrogen and oxygen atoms in total. The standard InChI is InChI=1S/C9H7F11O6S3/c10-1-2(11)4(13)6(5(14)3(1)12)27(21,22)7(28(23,24)8(15,16)17)29(25,26)9(18,19)20/h1-7H. The Morgan fingerprint density at radius 1 is 0.517 bits per heavy atom. The Morgan fingerprint density at radius 3 is 1.00 bits per heavy atom. The molecule has 0 aromatic rings. The molecule has 4 unspecified atom stereocenters. The molecule has 0 heterocycles. The minimum absolute atomic E-state index is 3.77. The summed E-state index contributed by atoms with van der Waals surface area (Å²) in [4.78, 5) is 0. The van der Waals surface area contributed by atoms with Gasteiger partial charge >= 0.3 is 11.0 Å². The van der Waals surface area contributed by atoms with Crippen molar-refractivity contribution in [1.82, 2.24) is 0 Å². The van der Waals surface area contributed by atoms with Crippen LogP contribution in [-0.2, 0) is 29.5 Å². The third-order valence-corrected chi connectivity index (χ3v) is 12.4. The highest BCUT2D eigenvalue weighted by Crippen LogP contribution is 2.44. The number of hydrogen-bond donors (Lipinski definition) is 0. The van der Waals surface area contributed by atoms with Crippen LogP contribution in [0.15, 0.2) is 0 Å². The molecule has 0 aliphatic heterocycles. The summed E-state index contributed by atoms with van der Waals surface area (Å²) in [6.45, 7) is 0. The molecule has 1 rings (SSSR count). The maximum Gasteiger partial charge on any atom is 0.499 e. The van der Waals surface area contributed by atoms with Crippen LogP contribution < -0.4 is 0 Å². The molecule has 4 atom stereocenters. The van der Waals surface area contributed by atoms with Crippen molar-refractivity contribution in [2.45, 2.75) is 51.0 Å². The molecule has 0 bridgehead atoms. The van der Waals surface area contributed by atoms with E-state index >= 15 is 0 Å². The van der Waals surface area contributed by atoms with Crippen LogP contribution in [0.5, 0.6) is 0 Å². The topological polar surface area (TPSA) is 102 Å². The number of halogens is 11. The van der Waals surface area contributed by atoms with Gasteiger partial charge in [-0.05, 0) is 0 Å². The maximum atomic E-state index is 13.8. The first-order valence-corrected chi connectivity index (χ1v) is 11.3. The van der Waals surface area contributed by atoms with Crippen molar-refractivity contribution in [2.24, 2.45) is 0 Å².